The summed E-state index contributed by atoms with van der Waals surface area (Å²) >= 11 is 0. The minimum absolute atomic E-state index is 0.00325. The fourth-order valence-electron chi connectivity index (χ4n) is 5.77. The van der Waals surface area contributed by atoms with Crippen LogP contribution in [0.5, 0.6) is 0 Å². The van der Waals surface area contributed by atoms with Gasteiger partial charge in [0.1, 0.15) is 5.56 Å². The first-order valence-electron chi connectivity index (χ1n) is 14.8. The molecule has 4 heterocycles. The molecule has 9 nitrogen and oxygen atoms in total. The molecule has 2 aromatic heterocycles. The smallest absolute Gasteiger partial charge is 0.399 e. The van der Waals surface area contributed by atoms with E-state index in [4.69, 9.17) is 9.31 Å². The van der Waals surface area contributed by atoms with Crippen molar-refractivity contribution in [3.8, 4) is 11.3 Å². The van der Waals surface area contributed by atoms with Crippen LogP contribution in [0.3, 0.4) is 0 Å². The maximum absolute atomic E-state index is 14.4. The third-order valence-corrected chi connectivity index (χ3v) is 10.6. The average molecular weight is 642 g/mol. The second-order valence-electron chi connectivity index (χ2n) is 12.7. The highest BCUT2D eigenvalue weighted by Crippen LogP contribution is 2.41. The monoisotopic (exact) mass is 641 g/mol. The van der Waals surface area contributed by atoms with Crippen molar-refractivity contribution >= 4 is 39.5 Å². The lowest BCUT2D eigenvalue weighted by Crippen LogP contribution is -2.41. The molecule has 0 aliphatic carbocycles. The molecule has 0 saturated carbocycles. The second-order valence-corrected chi connectivity index (χ2v) is 14.5. The van der Waals surface area contributed by atoms with Gasteiger partial charge in [-0.2, -0.15) is 13.2 Å². The number of benzene rings is 2. The van der Waals surface area contributed by atoms with Gasteiger partial charge in [0.25, 0.3) is 10.0 Å². The molecule has 0 spiro atoms. The quantitative estimate of drug-likeness (QED) is 0.289. The Morgan fingerprint density at radius 3 is 2.38 bits per heavy atom. The molecule has 0 bridgehead atoms. The summed E-state index contributed by atoms with van der Waals surface area (Å²) in [5, 5.41) is 3.45. The van der Waals surface area contributed by atoms with Crippen LogP contribution in [-0.4, -0.2) is 71.8 Å². The Bertz CT molecular complexity index is 1830. The number of hydrogen-bond acceptors (Lipinski definition) is 8. The predicted octanol–water partition coefficient (Wildman–Crippen LogP) is 5.16. The Balaban J connectivity index is 1.54. The van der Waals surface area contributed by atoms with Gasteiger partial charge in [0.2, 0.25) is 5.95 Å². The highest BCUT2D eigenvalue weighted by atomic mass is 32.2. The maximum atomic E-state index is 14.4. The fraction of sp³-hybridized carbons (Fsp3) is 0.419. The average Bonchev–Trinajstić information content (AvgIpc) is 3.46. The van der Waals surface area contributed by atoms with Crippen LogP contribution in [-0.2, 0) is 25.5 Å². The molecule has 1 unspecified atom stereocenters. The SMILES string of the molecule is CN1CCCC(Nc2ncc(C(F)(F)F)c(-c3cn(S(=O)(=O)c4ccccc4)c4cc(B5OC(C)(C)C(C)(C)O5)ccc34)n2)C1. The van der Waals surface area contributed by atoms with Crippen LogP contribution < -0.4 is 10.8 Å². The third kappa shape index (κ3) is 5.84. The summed E-state index contributed by atoms with van der Waals surface area (Å²) in [4.78, 5) is 10.5. The second kappa shape index (κ2) is 11.1. The van der Waals surface area contributed by atoms with E-state index in [0.717, 1.165) is 29.6 Å². The first-order chi connectivity index (χ1) is 21.1. The number of anilines is 1. The molecule has 2 aromatic carbocycles. The number of alkyl halides is 3. The molecule has 2 aliphatic rings. The standard InChI is InChI=1S/C31H35BF3N5O4S/c1-29(2)30(3,4)44-32(43-29)20-13-14-23-24(19-40(26(23)16-20)45(41,42)22-11-7-6-8-12-22)27-25(31(33,34)35)17-36-28(38-27)37-21-10-9-15-39(5)18-21/h6-8,11-14,16-17,19,21H,9-10,15,18H2,1-5H3,(H,36,37,38). The first-order valence-corrected chi connectivity index (χ1v) is 16.2. The van der Waals surface area contributed by atoms with E-state index >= 15 is 0 Å². The van der Waals surface area contributed by atoms with Gasteiger partial charge >= 0.3 is 13.3 Å². The number of halogens is 3. The Kier molecular flexibility index (Phi) is 7.78. The van der Waals surface area contributed by atoms with Crippen LogP contribution in [0.25, 0.3) is 22.2 Å². The summed E-state index contributed by atoms with van der Waals surface area (Å²) < 4.78 is 84.7. The van der Waals surface area contributed by atoms with Crippen molar-refractivity contribution in [2.75, 3.05) is 25.5 Å². The van der Waals surface area contributed by atoms with Crippen LogP contribution in [0.2, 0.25) is 0 Å². The molecule has 1 atom stereocenters. The Morgan fingerprint density at radius 2 is 1.73 bits per heavy atom. The largest absolute Gasteiger partial charge is 0.494 e. The topological polar surface area (TPSA) is 98.6 Å². The van der Waals surface area contributed by atoms with Gasteiger partial charge in [-0.1, -0.05) is 30.3 Å². The molecule has 1 N–H and O–H groups in total. The fourth-order valence-corrected chi connectivity index (χ4v) is 7.15. The molecule has 45 heavy (non-hydrogen) atoms. The molecule has 4 aromatic rings. The predicted molar refractivity (Wildman–Crippen MR) is 167 cm³/mol. The molecular weight excluding hydrogens is 606 g/mol. The van der Waals surface area contributed by atoms with Gasteiger partial charge in [0, 0.05) is 35.9 Å². The van der Waals surface area contributed by atoms with Crippen LogP contribution >= 0.6 is 0 Å². The van der Waals surface area contributed by atoms with Crippen molar-refractivity contribution in [2.45, 2.75) is 68.9 Å². The van der Waals surface area contributed by atoms with Gasteiger partial charge in [-0.3, -0.25) is 0 Å². The minimum atomic E-state index is -4.80. The molecule has 2 fully saturated rings. The van der Waals surface area contributed by atoms with Crippen molar-refractivity contribution < 1.29 is 30.9 Å². The number of aromatic nitrogens is 3. The number of likely N-dealkylation sites (N-methyl/N-ethyl adjacent to an activating group) is 1. The van der Waals surface area contributed by atoms with Gasteiger partial charge in [-0.25, -0.2) is 22.4 Å². The van der Waals surface area contributed by atoms with E-state index in [1.165, 1.54) is 18.3 Å². The molecule has 0 amide bonds. The van der Waals surface area contributed by atoms with Gasteiger partial charge < -0.3 is 19.5 Å². The summed E-state index contributed by atoms with van der Waals surface area (Å²) in [6, 6.07) is 12.5. The summed E-state index contributed by atoms with van der Waals surface area (Å²) in [6.45, 7) is 9.22. The molecule has 2 saturated heterocycles. The lowest BCUT2D eigenvalue weighted by molar-refractivity contribution is -0.137. The highest BCUT2D eigenvalue weighted by molar-refractivity contribution is 7.90. The van der Waals surface area contributed by atoms with Crippen molar-refractivity contribution in [1.29, 1.82) is 0 Å². The number of piperidine rings is 1. The van der Waals surface area contributed by atoms with E-state index in [1.807, 2.05) is 34.7 Å². The van der Waals surface area contributed by atoms with E-state index < -0.39 is 45.8 Å². The van der Waals surface area contributed by atoms with Crippen molar-refractivity contribution in [3.05, 3.63) is 66.5 Å². The number of nitrogens with one attached hydrogen (secondary N) is 1. The summed E-state index contributed by atoms with van der Waals surface area (Å²) in [6.07, 6.45) is -1.09. The van der Waals surface area contributed by atoms with Gasteiger partial charge in [0.05, 0.1) is 27.3 Å². The van der Waals surface area contributed by atoms with E-state index in [9.17, 15) is 21.6 Å². The van der Waals surface area contributed by atoms with Gasteiger partial charge in [-0.15, -0.1) is 0 Å². The van der Waals surface area contributed by atoms with E-state index in [1.54, 1.807) is 36.4 Å². The van der Waals surface area contributed by atoms with Crippen molar-refractivity contribution in [1.82, 2.24) is 18.8 Å². The lowest BCUT2D eigenvalue weighted by atomic mass is 9.78. The maximum Gasteiger partial charge on any atom is 0.494 e. The normalized spacial score (nSPS) is 20.5. The summed E-state index contributed by atoms with van der Waals surface area (Å²) in [5.74, 6) is 0.0407. The molecule has 0 radical (unpaired) electrons. The molecule has 238 valence electrons. The Labute approximate surface area is 261 Å². The molecule has 14 heteroatoms. The van der Waals surface area contributed by atoms with Gasteiger partial charge in [0.15, 0.2) is 0 Å². The summed E-state index contributed by atoms with van der Waals surface area (Å²) in [5.41, 5.74) is -2.11. The van der Waals surface area contributed by atoms with Crippen LogP contribution in [0.4, 0.5) is 19.1 Å². The van der Waals surface area contributed by atoms with Gasteiger partial charge in [-0.05, 0) is 77.8 Å². The zero-order valence-electron chi connectivity index (χ0n) is 25.7. The lowest BCUT2D eigenvalue weighted by Gasteiger charge is -2.32. The van der Waals surface area contributed by atoms with E-state index in [2.05, 4.69) is 20.2 Å². The van der Waals surface area contributed by atoms with Crippen LogP contribution in [0.1, 0.15) is 46.1 Å². The number of hydrogen-bond donors (Lipinski definition) is 1. The minimum Gasteiger partial charge on any atom is -0.399 e. The highest BCUT2D eigenvalue weighted by Gasteiger charge is 2.52. The van der Waals surface area contributed by atoms with E-state index in [-0.39, 0.29) is 33.4 Å². The van der Waals surface area contributed by atoms with E-state index in [0.29, 0.717) is 12.0 Å². The Morgan fingerprint density at radius 1 is 1.04 bits per heavy atom. The first kappa shape index (κ1) is 31.5. The Hall–Kier alpha value is -3.46. The van der Waals surface area contributed by atoms with Crippen LogP contribution in [0.15, 0.2) is 65.8 Å². The number of fused-ring (bicyclic) bond motifs is 1. The van der Waals surface area contributed by atoms with Crippen LogP contribution in [0, 0.1) is 0 Å². The molecular formula is C31H35BF3N5O4S. The van der Waals surface area contributed by atoms with Crippen molar-refractivity contribution in [2.24, 2.45) is 0 Å². The number of nitrogens with zero attached hydrogens (tertiary/aromatic N) is 4. The molecule has 6 rings (SSSR count). The number of rotatable bonds is 6. The zero-order valence-corrected chi connectivity index (χ0v) is 26.5. The third-order valence-electron chi connectivity index (χ3n) is 8.93. The zero-order chi connectivity index (χ0) is 32.4. The van der Waals surface area contributed by atoms with Crippen molar-refractivity contribution in [3.63, 3.8) is 0 Å². The number of likely N-dealkylation sites (tertiary alicyclic amines) is 1. The summed E-state index contributed by atoms with van der Waals surface area (Å²) in [7, 11) is -3.08. The molecule has 2 aliphatic heterocycles.